The van der Waals surface area contributed by atoms with Crippen LogP contribution in [0.1, 0.15) is 20.3 Å². The van der Waals surface area contributed by atoms with Gasteiger partial charge in [-0.1, -0.05) is 13.8 Å². The number of hydrogen-bond acceptors (Lipinski definition) is 6. The van der Waals surface area contributed by atoms with Crippen molar-refractivity contribution in [3.8, 4) is 11.8 Å². The minimum absolute atomic E-state index is 0.0288. The third-order valence-electron chi connectivity index (χ3n) is 2.41. The van der Waals surface area contributed by atoms with E-state index >= 15 is 0 Å². The van der Waals surface area contributed by atoms with Crippen LogP contribution in [0.5, 0.6) is 11.8 Å². The molecule has 0 radical (unpaired) electrons. The molecule has 1 aromatic heterocycles. The van der Waals surface area contributed by atoms with Gasteiger partial charge in [0.1, 0.15) is 0 Å². The largest absolute Gasteiger partial charge is 0.481 e. The second kappa shape index (κ2) is 7.00. The molecule has 0 aliphatic heterocycles. The SMILES string of the molecule is COc1cc(OC)nc(NC(CO)CC(C)C)n1. The van der Waals surface area contributed by atoms with Gasteiger partial charge in [0.05, 0.1) is 32.9 Å². The van der Waals surface area contributed by atoms with Crippen molar-refractivity contribution in [1.82, 2.24) is 9.97 Å². The maximum absolute atomic E-state index is 9.31. The molecule has 0 aromatic carbocycles. The summed E-state index contributed by atoms with van der Waals surface area (Å²) < 4.78 is 10.1. The highest BCUT2D eigenvalue weighted by Crippen LogP contribution is 2.18. The zero-order valence-electron chi connectivity index (χ0n) is 11.3. The molecule has 1 unspecified atom stereocenters. The van der Waals surface area contributed by atoms with Crippen LogP contribution in [-0.2, 0) is 0 Å². The topological polar surface area (TPSA) is 76.5 Å². The summed E-state index contributed by atoms with van der Waals surface area (Å²) in [6.45, 7) is 4.22. The van der Waals surface area contributed by atoms with E-state index in [1.54, 1.807) is 6.07 Å². The summed E-state index contributed by atoms with van der Waals surface area (Å²) >= 11 is 0. The first-order chi connectivity index (χ1) is 8.58. The lowest BCUT2D eigenvalue weighted by Crippen LogP contribution is -2.26. The number of methoxy groups -OCH3 is 2. The van der Waals surface area contributed by atoms with Crippen LogP contribution >= 0.6 is 0 Å². The van der Waals surface area contributed by atoms with Crippen molar-refractivity contribution in [2.45, 2.75) is 26.3 Å². The van der Waals surface area contributed by atoms with Crippen molar-refractivity contribution >= 4 is 5.95 Å². The van der Waals surface area contributed by atoms with Crippen LogP contribution in [-0.4, -0.2) is 41.9 Å². The monoisotopic (exact) mass is 255 g/mol. The standard InChI is InChI=1S/C12H21N3O3/c1-8(2)5-9(7-16)13-12-14-10(17-3)6-11(15-12)18-4/h6,8-9,16H,5,7H2,1-4H3,(H,13,14,15). The van der Waals surface area contributed by atoms with E-state index in [9.17, 15) is 5.11 Å². The highest BCUT2D eigenvalue weighted by molar-refractivity contribution is 5.34. The van der Waals surface area contributed by atoms with E-state index < -0.39 is 0 Å². The Bertz CT molecular complexity index is 349. The van der Waals surface area contributed by atoms with Crippen LogP contribution in [0.25, 0.3) is 0 Å². The molecule has 102 valence electrons. The molecule has 0 saturated carbocycles. The Balaban J connectivity index is 2.81. The van der Waals surface area contributed by atoms with Crippen LogP contribution in [0.3, 0.4) is 0 Å². The maximum Gasteiger partial charge on any atom is 0.229 e. The Kier molecular flexibility index (Phi) is 5.64. The van der Waals surface area contributed by atoms with Crippen LogP contribution < -0.4 is 14.8 Å². The first-order valence-corrected chi connectivity index (χ1v) is 5.93. The van der Waals surface area contributed by atoms with Gasteiger partial charge >= 0.3 is 0 Å². The molecule has 0 aliphatic rings. The molecule has 0 saturated heterocycles. The number of ether oxygens (including phenoxy) is 2. The summed E-state index contributed by atoms with van der Waals surface area (Å²) in [7, 11) is 3.06. The quantitative estimate of drug-likeness (QED) is 0.765. The first-order valence-electron chi connectivity index (χ1n) is 5.93. The van der Waals surface area contributed by atoms with Gasteiger partial charge in [-0.2, -0.15) is 9.97 Å². The molecule has 0 bridgehead atoms. The van der Waals surface area contributed by atoms with E-state index in [0.29, 0.717) is 23.6 Å². The van der Waals surface area contributed by atoms with Gasteiger partial charge in [-0.3, -0.25) is 0 Å². The maximum atomic E-state index is 9.31. The number of aromatic nitrogens is 2. The van der Waals surface area contributed by atoms with E-state index in [2.05, 4.69) is 29.1 Å². The summed E-state index contributed by atoms with van der Waals surface area (Å²) in [6.07, 6.45) is 0.833. The first kappa shape index (κ1) is 14.5. The normalized spacial score (nSPS) is 12.3. The van der Waals surface area contributed by atoms with Gasteiger partial charge in [0.2, 0.25) is 17.7 Å². The number of hydrogen-bond donors (Lipinski definition) is 2. The smallest absolute Gasteiger partial charge is 0.229 e. The second-order valence-corrected chi connectivity index (χ2v) is 4.43. The highest BCUT2D eigenvalue weighted by Gasteiger charge is 2.13. The van der Waals surface area contributed by atoms with Gasteiger partial charge in [0, 0.05) is 0 Å². The van der Waals surface area contributed by atoms with Crippen molar-refractivity contribution in [1.29, 1.82) is 0 Å². The van der Waals surface area contributed by atoms with E-state index in [-0.39, 0.29) is 12.6 Å². The molecule has 18 heavy (non-hydrogen) atoms. The Morgan fingerprint density at radius 1 is 1.22 bits per heavy atom. The van der Waals surface area contributed by atoms with Crippen molar-refractivity contribution in [2.24, 2.45) is 5.92 Å². The molecule has 1 atom stereocenters. The molecule has 6 heteroatoms. The molecule has 1 rings (SSSR count). The molecule has 1 heterocycles. The lowest BCUT2D eigenvalue weighted by atomic mass is 10.0. The third kappa shape index (κ3) is 4.37. The number of aliphatic hydroxyl groups excluding tert-OH is 1. The zero-order chi connectivity index (χ0) is 13.5. The van der Waals surface area contributed by atoms with Gasteiger partial charge in [-0.15, -0.1) is 0 Å². The fraction of sp³-hybridized carbons (Fsp3) is 0.667. The molecular weight excluding hydrogens is 234 g/mol. The molecule has 0 aliphatic carbocycles. The lowest BCUT2D eigenvalue weighted by molar-refractivity contribution is 0.258. The van der Waals surface area contributed by atoms with Crippen LogP contribution in [0.2, 0.25) is 0 Å². The predicted molar refractivity (Wildman–Crippen MR) is 69.1 cm³/mol. The van der Waals surface area contributed by atoms with Gasteiger partial charge in [-0.05, 0) is 12.3 Å². The number of anilines is 1. The fourth-order valence-corrected chi connectivity index (χ4v) is 1.61. The van der Waals surface area contributed by atoms with Crippen LogP contribution in [0.15, 0.2) is 6.07 Å². The van der Waals surface area contributed by atoms with E-state index in [1.807, 2.05) is 0 Å². The molecule has 0 amide bonds. The average Bonchev–Trinajstić information content (AvgIpc) is 2.36. The molecule has 6 nitrogen and oxygen atoms in total. The van der Waals surface area contributed by atoms with Crippen molar-refractivity contribution in [3.63, 3.8) is 0 Å². The average molecular weight is 255 g/mol. The number of aliphatic hydroxyl groups is 1. The summed E-state index contributed by atoms with van der Waals surface area (Å²) in [4.78, 5) is 8.32. The van der Waals surface area contributed by atoms with Crippen molar-refractivity contribution in [3.05, 3.63) is 6.07 Å². The molecule has 2 N–H and O–H groups in total. The molecule has 1 aromatic rings. The van der Waals surface area contributed by atoms with Crippen molar-refractivity contribution in [2.75, 3.05) is 26.1 Å². The van der Waals surface area contributed by atoms with Crippen molar-refractivity contribution < 1.29 is 14.6 Å². The van der Waals surface area contributed by atoms with Gasteiger partial charge < -0.3 is 19.9 Å². The molecule has 0 fully saturated rings. The summed E-state index contributed by atoms with van der Waals surface area (Å²) in [5.41, 5.74) is 0. The minimum atomic E-state index is -0.0817. The van der Waals surface area contributed by atoms with Gasteiger partial charge in [0.25, 0.3) is 0 Å². The van der Waals surface area contributed by atoms with E-state index in [4.69, 9.17) is 9.47 Å². The second-order valence-electron chi connectivity index (χ2n) is 4.43. The summed E-state index contributed by atoms with van der Waals surface area (Å²) in [5.74, 6) is 1.71. The number of nitrogens with zero attached hydrogens (tertiary/aromatic N) is 2. The molecule has 0 spiro atoms. The van der Waals surface area contributed by atoms with E-state index in [1.165, 1.54) is 14.2 Å². The van der Waals surface area contributed by atoms with Gasteiger partial charge in [0.15, 0.2) is 0 Å². The fourth-order valence-electron chi connectivity index (χ4n) is 1.61. The Labute approximate surface area is 107 Å². The van der Waals surface area contributed by atoms with Crippen LogP contribution in [0.4, 0.5) is 5.95 Å². The third-order valence-corrected chi connectivity index (χ3v) is 2.41. The number of nitrogens with one attached hydrogen (secondary N) is 1. The van der Waals surface area contributed by atoms with E-state index in [0.717, 1.165) is 6.42 Å². The summed E-state index contributed by atoms with van der Waals surface area (Å²) in [5, 5.41) is 12.4. The Hall–Kier alpha value is -1.56. The Morgan fingerprint density at radius 2 is 1.78 bits per heavy atom. The van der Waals surface area contributed by atoms with Crippen LogP contribution in [0, 0.1) is 5.92 Å². The Morgan fingerprint density at radius 3 is 2.17 bits per heavy atom. The zero-order valence-corrected chi connectivity index (χ0v) is 11.3. The minimum Gasteiger partial charge on any atom is -0.481 e. The highest BCUT2D eigenvalue weighted by atomic mass is 16.5. The summed E-state index contributed by atoms with van der Waals surface area (Å²) in [6, 6.07) is 1.52. The molecular formula is C12H21N3O3. The number of rotatable bonds is 7. The lowest BCUT2D eigenvalue weighted by Gasteiger charge is -2.18. The predicted octanol–water partition coefficient (Wildman–Crippen LogP) is 1.31. The van der Waals surface area contributed by atoms with Gasteiger partial charge in [-0.25, -0.2) is 0 Å².